The molecule has 0 fully saturated rings. The van der Waals surface area contributed by atoms with E-state index in [1.165, 1.54) is 0 Å². The number of rotatable bonds is 3. The predicted molar refractivity (Wildman–Crippen MR) is 78.0 cm³/mol. The van der Waals surface area contributed by atoms with Gasteiger partial charge in [0.05, 0.1) is 0 Å². The Morgan fingerprint density at radius 2 is 1.67 bits per heavy atom. The zero-order chi connectivity index (χ0) is 13.1. The molecule has 2 aromatic carbocycles. The van der Waals surface area contributed by atoms with Crippen LogP contribution in [0.4, 0.5) is 0 Å². The fourth-order valence-corrected chi connectivity index (χ4v) is 1.90. The first kappa shape index (κ1) is 13.1. The third kappa shape index (κ3) is 3.12. The van der Waals surface area contributed by atoms with Gasteiger partial charge in [0.1, 0.15) is 11.5 Å². The molecule has 0 saturated heterocycles. The first-order valence-corrected chi connectivity index (χ1v) is 6.65. The van der Waals surface area contributed by atoms with E-state index in [0.29, 0.717) is 0 Å². The number of benzene rings is 2. The molecular weight excluding hydrogens is 290 g/mol. The van der Waals surface area contributed by atoms with E-state index in [4.69, 9.17) is 10.5 Å². The Morgan fingerprint density at radius 1 is 1.06 bits per heavy atom. The lowest BCUT2D eigenvalue weighted by Gasteiger charge is -2.09. The molecule has 0 bridgehead atoms. The highest BCUT2D eigenvalue weighted by Crippen LogP contribution is 2.26. The lowest BCUT2D eigenvalue weighted by molar-refractivity contribution is 0.482. The van der Waals surface area contributed by atoms with Crippen molar-refractivity contribution in [2.45, 2.75) is 19.9 Å². The smallest absolute Gasteiger partial charge is 0.127 e. The first-order chi connectivity index (χ1) is 8.56. The van der Waals surface area contributed by atoms with Gasteiger partial charge in [-0.15, -0.1) is 0 Å². The Labute approximate surface area is 116 Å². The van der Waals surface area contributed by atoms with Crippen molar-refractivity contribution in [1.29, 1.82) is 0 Å². The lowest BCUT2D eigenvalue weighted by atomic mass is 10.1. The number of hydrogen-bond donors (Lipinski definition) is 1. The van der Waals surface area contributed by atoms with Gasteiger partial charge in [-0.2, -0.15) is 0 Å². The number of ether oxygens (including phenoxy) is 1. The molecule has 3 heteroatoms. The van der Waals surface area contributed by atoms with Crippen LogP contribution in [0.25, 0.3) is 0 Å². The van der Waals surface area contributed by atoms with E-state index < -0.39 is 0 Å². The molecule has 0 unspecified atom stereocenters. The zero-order valence-electron chi connectivity index (χ0n) is 10.5. The van der Waals surface area contributed by atoms with Crippen LogP contribution in [0.5, 0.6) is 11.5 Å². The normalized spacial score (nSPS) is 12.2. The standard InChI is InChI=1S/C15H16BrNO/c1-10-9-14(7-8-15(10)16)18-13-5-3-12(4-6-13)11(2)17/h3-9,11H,17H2,1-2H3/t11-/m0/s1. The van der Waals surface area contributed by atoms with E-state index in [2.05, 4.69) is 15.9 Å². The van der Waals surface area contributed by atoms with Gasteiger partial charge in [-0.3, -0.25) is 0 Å². The minimum Gasteiger partial charge on any atom is -0.457 e. The molecule has 0 heterocycles. The first-order valence-electron chi connectivity index (χ1n) is 5.86. The number of hydrogen-bond acceptors (Lipinski definition) is 2. The van der Waals surface area contributed by atoms with E-state index in [0.717, 1.165) is 27.1 Å². The molecule has 2 rings (SSSR count). The third-order valence-corrected chi connectivity index (χ3v) is 3.66. The molecule has 0 aliphatic heterocycles. The Bertz CT molecular complexity index is 535. The topological polar surface area (TPSA) is 35.2 Å². The molecule has 2 aromatic rings. The van der Waals surface area contributed by atoms with Crippen LogP contribution in [0, 0.1) is 6.92 Å². The average Bonchev–Trinajstić information content (AvgIpc) is 2.34. The van der Waals surface area contributed by atoms with Crippen molar-refractivity contribution in [1.82, 2.24) is 0 Å². The van der Waals surface area contributed by atoms with Crippen LogP contribution >= 0.6 is 15.9 Å². The van der Waals surface area contributed by atoms with Crippen molar-refractivity contribution >= 4 is 15.9 Å². The summed E-state index contributed by atoms with van der Waals surface area (Å²) in [5.41, 5.74) is 8.07. The highest BCUT2D eigenvalue weighted by atomic mass is 79.9. The number of nitrogens with two attached hydrogens (primary N) is 1. The van der Waals surface area contributed by atoms with Gasteiger partial charge >= 0.3 is 0 Å². The van der Waals surface area contributed by atoms with Crippen molar-refractivity contribution < 1.29 is 4.74 Å². The van der Waals surface area contributed by atoms with Crippen LogP contribution < -0.4 is 10.5 Å². The van der Waals surface area contributed by atoms with Gasteiger partial charge in [0.15, 0.2) is 0 Å². The van der Waals surface area contributed by atoms with E-state index in [-0.39, 0.29) is 6.04 Å². The molecule has 0 aliphatic rings. The summed E-state index contributed by atoms with van der Waals surface area (Å²) in [6.45, 7) is 4.00. The van der Waals surface area contributed by atoms with E-state index in [9.17, 15) is 0 Å². The highest BCUT2D eigenvalue weighted by Gasteiger charge is 2.02. The van der Waals surface area contributed by atoms with Crippen molar-refractivity contribution in [2.24, 2.45) is 5.73 Å². The second-order valence-corrected chi connectivity index (χ2v) is 5.23. The molecular formula is C15H16BrNO. The molecule has 1 atom stereocenters. The largest absolute Gasteiger partial charge is 0.457 e. The SMILES string of the molecule is Cc1cc(Oc2ccc([C@H](C)N)cc2)ccc1Br. The van der Waals surface area contributed by atoms with E-state index >= 15 is 0 Å². The molecule has 94 valence electrons. The summed E-state index contributed by atoms with van der Waals surface area (Å²) in [6.07, 6.45) is 0. The second kappa shape index (κ2) is 5.55. The minimum absolute atomic E-state index is 0.0500. The Morgan fingerprint density at radius 3 is 2.22 bits per heavy atom. The van der Waals surface area contributed by atoms with E-state index in [1.807, 2.05) is 56.3 Å². The minimum atomic E-state index is 0.0500. The van der Waals surface area contributed by atoms with Crippen molar-refractivity contribution in [3.8, 4) is 11.5 Å². The summed E-state index contributed by atoms with van der Waals surface area (Å²) >= 11 is 3.47. The van der Waals surface area contributed by atoms with Crippen LogP contribution in [0.3, 0.4) is 0 Å². The van der Waals surface area contributed by atoms with Gasteiger partial charge in [-0.1, -0.05) is 28.1 Å². The maximum atomic E-state index is 5.81. The molecule has 0 radical (unpaired) electrons. The van der Waals surface area contributed by atoms with Gasteiger partial charge in [0.2, 0.25) is 0 Å². The van der Waals surface area contributed by atoms with Crippen molar-refractivity contribution in [3.05, 3.63) is 58.1 Å². The average molecular weight is 306 g/mol. The zero-order valence-corrected chi connectivity index (χ0v) is 12.1. The number of aryl methyl sites for hydroxylation is 1. The van der Waals surface area contributed by atoms with Crippen LogP contribution in [-0.2, 0) is 0 Å². The molecule has 0 aliphatic carbocycles. The summed E-state index contributed by atoms with van der Waals surface area (Å²) in [5.74, 6) is 1.66. The Kier molecular flexibility index (Phi) is 4.04. The number of halogens is 1. The predicted octanol–water partition coefficient (Wildman–Crippen LogP) is 4.57. The quantitative estimate of drug-likeness (QED) is 0.901. The fourth-order valence-electron chi connectivity index (χ4n) is 1.66. The fraction of sp³-hybridized carbons (Fsp3) is 0.200. The summed E-state index contributed by atoms with van der Waals surface area (Å²) in [7, 11) is 0. The second-order valence-electron chi connectivity index (χ2n) is 4.37. The molecule has 18 heavy (non-hydrogen) atoms. The summed E-state index contributed by atoms with van der Waals surface area (Å²) in [5, 5.41) is 0. The molecule has 0 aromatic heterocycles. The summed E-state index contributed by atoms with van der Waals surface area (Å²) in [4.78, 5) is 0. The molecule has 2 N–H and O–H groups in total. The highest BCUT2D eigenvalue weighted by molar-refractivity contribution is 9.10. The maximum absolute atomic E-state index is 5.81. The molecule has 0 amide bonds. The van der Waals surface area contributed by atoms with Gasteiger partial charge in [0, 0.05) is 10.5 Å². The Balaban J connectivity index is 2.15. The van der Waals surface area contributed by atoms with Gasteiger partial charge in [0.25, 0.3) is 0 Å². The van der Waals surface area contributed by atoms with Crippen LogP contribution in [0.2, 0.25) is 0 Å². The Hall–Kier alpha value is -1.32. The van der Waals surface area contributed by atoms with Crippen LogP contribution in [0.15, 0.2) is 46.9 Å². The third-order valence-electron chi connectivity index (χ3n) is 2.77. The van der Waals surface area contributed by atoms with Gasteiger partial charge < -0.3 is 10.5 Å². The molecule has 2 nitrogen and oxygen atoms in total. The van der Waals surface area contributed by atoms with Crippen LogP contribution in [0.1, 0.15) is 24.1 Å². The summed E-state index contributed by atoms with van der Waals surface area (Å²) in [6, 6.07) is 13.8. The molecule has 0 saturated carbocycles. The van der Waals surface area contributed by atoms with Crippen LogP contribution in [-0.4, -0.2) is 0 Å². The summed E-state index contributed by atoms with van der Waals surface area (Å²) < 4.78 is 6.87. The lowest BCUT2D eigenvalue weighted by Crippen LogP contribution is -2.04. The monoisotopic (exact) mass is 305 g/mol. The molecule has 0 spiro atoms. The maximum Gasteiger partial charge on any atom is 0.127 e. The van der Waals surface area contributed by atoms with Gasteiger partial charge in [-0.05, 0) is 55.3 Å². The van der Waals surface area contributed by atoms with Gasteiger partial charge in [-0.25, -0.2) is 0 Å². The van der Waals surface area contributed by atoms with Crippen molar-refractivity contribution in [3.63, 3.8) is 0 Å². The van der Waals surface area contributed by atoms with E-state index in [1.54, 1.807) is 0 Å². The van der Waals surface area contributed by atoms with Crippen molar-refractivity contribution in [2.75, 3.05) is 0 Å².